The highest BCUT2D eigenvalue weighted by molar-refractivity contribution is 7.13. The molecule has 0 amide bonds. The van der Waals surface area contributed by atoms with Crippen LogP contribution < -0.4 is 4.74 Å². The van der Waals surface area contributed by atoms with Gasteiger partial charge >= 0.3 is 0 Å². The molecule has 0 unspecified atom stereocenters. The normalized spacial score (nSPS) is 10.6. The number of thiophene rings is 1. The van der Waals surface area contributed by atoms with Crippen LogP contribution in [0.2, 0.25) is 0 Å². The Morgan fingerprint density at radius 3 is 2.64 bits per heavy atom. The molecule has 0 bridgehead atoms. The average Bonchev–Trinajstić information content (AvgIpc) is 3.16. The van der Waals surface area contributed by atoms with E-state index < -0.39 is 4.92 Å². The number of hydrogen-bond acceptors (Lipinski definition) is 7. The van der Waals surface area contributed by atoms with Crippen molar-refractivity contribution in [2.24, 2.45) is 0 Å². The quantitative estimate of drug-likeness (QED) is 0.525. The maximum atomic E-state index is 10.6. The van der Waals surface area contributed by atoms with Crippen molar-refractivity contribution >= 4 is 17.0 Å². The molecule has 2 aromatic heterocycles. The summed E-state index contributed by atoms with van der Waals surface area (Å²) in [7, 11) is 0. The summed E-state index contributed by atoms with van der Waals surface area (Å²) >= 11 is 1.45. The molecular weight excluding hydrogens is 306 g/mol. The predicted octanol–water partition coefficient (Wildman–Crippen LogP) is 3.77. The summed E-state index contributed by atoms with van der Waals surface area (Å²) in [6.45, 7) is 2.45. The van der Waals surface area contributed by atoms with E-state index in [-0.39, 0.29) is 5.69 Å². The molecule has 0 saturated carbocycles. The second-order valence-corrected chi connectivity index (χ2v) is 5.18. The minimum absolute atomic E-state index is 0.0142. The summed E-state index contributed by atoms with van der Waals surface area (Å²) in [5.41, 5.74) is 0.638. The standard InChI is InChI=1S/C14H11N3O4S/c1-2-20-11-7-8-22-12(11)14-16-15-13(21-14)9-3-5-10(6-4-9)17(18)19/h3-8H,2H2,1H3. The zero-order chi connectivity index (χ0) is 15.5. The van der Waals surface area contributed by atoms with E-state index in [1.165, 1.54) is 23.5 Å². The van der Waals surface area contributed by atoms with Gasteiger partial charge in [0.1, 0.15) is 10.6 Å². The van der Waals surface area contributed by atoms with Crippen LogP contribution in [0.15, 0.2) is 40.1 Å². The Hall–Kier alpha value is -2.74. The summed E-state index contributed by atoms with van der Waals surface area (Å²) in [6.07, 6.45) is 0. The maximum absolute atomic E-state index is 10.6. The smallest absolute Gasteiger partial charge is 0.269 e. The van der Waals surface area contributed by atoms with Crippen molar-refractivity contribution in [2.45, 2.75) is 6.92 Å². The van der Waals surface area contributed by atoms with Crippen molar-refractivity contribution < 1.29 is 14.1 Å². The van der Waals surface area contributed by atoms with Crippen molar-refractivity contribution in [1.82, 2.24) is 10.2 Å². The Bertz CT molecular complexity index is 795. The highest BCUT2D eigenvalue weighted by Crippen LogP contribution is 2.36. The van der Waals surface area contributed by atoms with Gasteiger partial charge in [0.05, 0.1) is 11.5 Å². The lowest BCUT2D eigenvalue weighted by Crippen LogP contribution is -1.90. The fourth-order valence-corrected chi connectivity index (χ4v) is 2.63. The minimum atomic E-state index is -0.455. The van der Waals surface area contributed by atoms with E-state index in [2.05, 4.69) is 10.2 Å². The van der Waals surface area contributed by atoms with Crippen LogP contribution in [-0.2, 0) is 0 Å². The summed E-state index contributed by atoms with van der Waals surface area (Å²) in [6, 6.07) is 7.80. The third kappa shape index (κ3) is 2.68. The van der Waals surface area contributed by atoms with Gasteiger partial charge in [-0.25, -0.2) is 0 Å². The maximum Gasteiger partial charge on any atom is 0.269 e. The molecule has 0 aliphatic rings. The van der Waals surface area contributed by atoms with Gasteiger partial charge in [0, 0.05) is 17.7 Å². The van der Waals surface area contributed by atoms with Crippen LogP contribution in [0.25, 0.3) is 22.2 Å². The van der Waals surface area contributed by atoms with Crippen molar-refractivity contribution in [2.75, 3.05) is 6.61 Å². The van der Waals surface area contributed by atoms with Crippen LogP contribution in [0.4, 0.5) is 5.69 Å². The van der Waals surface area contributed by atoms with E-state index in [0.29, 0.717) is 29.7 Å². The van der Waals surface area contributed by atoms with E-state index in [4.69, 9.17) is 9.15 Å². The monoisotopic (exact) mass is 317 g/mol. The Morgan fingerprint density at radius 2 is 1.95 bits per heavy atom. The lowest BCUT2D eigenvalue weighted by atomic mass is 10.2. The van der Waals surface area contributed by atoms with Crippen molar-refractivity contribution in [3.05, 3.63) is 45.8 Å². The minimum Gasteiger partial charge on any atom is -0.492 e. The van der Waals surface area contributed by atoms with E-state index in [1.807, 2.05) is 18.4 Å². The van der Waals surface area contributed by atoms with Crippen LogP contribution in [0.1, 0.15) is 6.92 Å². The number of nitro benzene ring substituents is 1. The Kier molecular flexibility index (Phi) is 3.84. The second-order valence-electron chi connectivity index (χ2n) is 4.26. The Balaban J connectivity index is 1.90. The molecule has 0 saturated heterocycles. The zero-order valence-electron chi connectivity index (χ0n) is 11.6. The summed E-state index contributed by atoms with van der Waals surface area (Å²) in [4.78, 5) is 11.0. The molecule has 0 aliphatic carbocycles. The van der Waals surface area contributed by atoms with Gasteiger partial charge in [-0.1, -0.05) is 0 Å². The lowest BCUT2D eigenvalue weighted by Gasteiger charge is -2.00. The molecule has 0 N–H and O–H groups in total. The van der Waals surface area contributed by atoms with Gasteiger partial charge in [-0.2, -0.15) is 0 Å². The first-order valence-electron chi connectivity index (χ1n) is 6.48. The highest BCUT2D eigenvalue weighted by atomic mass is 32.1. The summed E-state index contributed by atoms with van der Waals surface area (Å²) in [5, 5.41) is 20.5. The molecule has 0 atom stereocenters. The van der Waals surface area contributed by atoms with Gasteiger partial charge in [-0.3, -0.25) is 10.1 Å². The van der Waals surface area contributed by atoms with Crippen molar-refractivity contribution in [1.29, 1.82) is 0 Å². The van der Waals surface area contributed by atoms with Gasteiger partial charge in [0.25, 0.3) is 11.6 Å². The van der Waals surface area contributed by atoms with Gasteiger partial charge in [-0.05, 0) is 30.5 Å². The van der Waals surface area contributed by atoms with Crippen LogP contribution in [-0.4, -0.2) is 21.7 Å². The number of non-ortho nitro benzene ring substituents is 1. The number of hydrogen-bond donors (Lipinski definition) is 0. The molecule has 0 aliphatic heterocycles. The molecule has 0 fully saturated rings. The third-order valence-corrected chi connectivity index (χ3v) is 3.76. The number of ether oxygens (including phenoxy) is 1. The molecule has 3 rings (SSSR count). The molecule has 2 heterocycles. The summed E-state index contributed by atoms with van der Waals surface area (Å²) < 4.78 is 11.1. The van der Waals surface area contributed by atoms with Gasteiger partial charge < -0.3 is 9.15 Å². The second kappa shape index (κ2) is 5.94. The van der Waals surface area contributed by atoms with Crippen molar-refractivity contribution in [3.8, 4) is 28.0 Å². The van der Waals surface area contributed by atoms with E-state index >= 15 is 0 Å². The SMILES string of the molecule is CCOc1ccsc1-c1nnc(-c2ccc([N+](=O)[O-])cc2)o1. The van der Waals surface area contributed by atoms with Gasteiger partial charge in [0.2, 0.25) is 5.89 Å². The molecule has 0 spiro atoms. The Morgan fingerprint density at radius 1 is 1.23 bits per heavy atom. The largest absolute Gasteiger partial charge is 0.492 e. The highest BCUT2D eigenvalue weighted by Gasteiger charge is 2.16. The number of rotatable bonds is 5. The number of nitro groups is 1. The number of nitrogens with zero attached hydrogens (tertiary/aromatic N) is 3. The molecule has 0 radical (unpaired) electrons. The fourth-order valence-electron chi connectivity index (χ4n) is 1.88. The van der Waals surface area contributed by atoms with Crippen LogP contribution in [0, 0.1) is 10.1 Å². The predicted molar refractivity (Wildman–Crippen MR) is 80.9 cm³/mol. The van der Waals surface area contributed by atoms with E-state index in [0.717, 1.165) is 4.88 Å². The Labute approximate surface area is 129 Å². The van der Waals surface area contributed by atoms with Crippen molar-refractivity contribution in [3.63, 3.8) is 0 Å². The molecule has 3 aromatic rings. The molecule has 8 heteroatoms. The first-order chi connectivity index (χ1) is 10.7. The van der Waals surface area contributed by atoms with E-state index in [9.17, 15) is 10.1 Å². The third-order valence-electron chi connectivity index (χ3n) is 2.87. The molecule has 112 valence electrons. The fraction of sp³-hybridized carbons (Fsp3) is 0.143. The first kappa shape index (κ1) is 14.2. The average molecular weight is 317 g/mol. The molecular formula is C14H11N3O4S. The number of benzene rings is 1. The number of aromatic nitrogens is 2. The van der Waals surface area contributed by atoms with Gasteiger partial charge in [-0.15, -0.1) is 21.5 Å². The lowest BCUT2D eigenvalue weighted by molar-refractivity contribution is -0.384. The van der Waals surface area contributed by atoms with Gasteiger partial charge in [0.15, 0.2) is 0 Å². The molecule has 7 nitrogen and oxygen atoms in total. The first-order valence-corrected chi connectivity index (χ1v) is 7.36. The molecule has 22 heavy (non-hydrogen) atoms. The molecule has 1 aromatic carbocycles. The zero-order valence-corrected chi connectivity index (χ0v) is 12.4. The van der Waals surface area contributed by atoms with Crippen LogP contribution in [0.5, 0.6) is 5.75 Å². The topological polar surface area (TPSA) is 91.3 Å². The van der Waals surface area contributed by atoms with E-state index in [1.54, 1.807) is 12.1 Å². The van der Waals surface area contributed by atoms with Crippen LogP contribution in [0.3, 0.4) is 0 Å². The van der Waals surface area contributed by atoms with Crippen LogP contribution >= 0.6 is 11.3 Å². The summed E-state index contributed by atoms with van der Waals surface area (Å²) in [5.74, 6) is 1.37.